The van der Waals surface area contributed by atoms with Crippen molar-refractivity contribution < 1.29 is 8.42 Å². The van der Waals surface area contributed by atoms with Crippen LogP contribution in [0.5, 0.6) is 0 Å². The zero-order chi connectivity index (χ0) is 12.3. The molecule has 0 atom stereocenters. The molecule has 2 heterocycles. The van der Waals surface area contributed by atoms with Gasteiger partial charge in [0.1, 0.15) is 10.7 Å². The fraction of sp³-hybridized carbons (Fsp3) is 0.100. The fourth-order valence-corrected chi connectivity index (χ4v) is 2.44. The number of aromatic nitrogens is 2. The minimum atomic E-state index is -3.62. The molecule has 0 saturated heterocycles. The quantitative estimate of drug-likeness (QED) is 0.736. The number of anilines is 1. The van der Waals surface area contributed by atoms with Crippen molar-refractivity contribution >= 4 is 15.8 Å². The lowest BCUT2D eigenvalue weighted by molar-refractivity contribution is 0.580. The second-order valence-electron chi connectivity index (χ2n) is 3.41. The van der Waals surface area contributed by atoms with Crippen molar-refractivity contribution in [2.24, 2.45) is 0 Å². The lowest BCUT2D eigenvalue weighted by Crippen LogP contribution is -2.24. The minimum absolute atomic E-state index is 0.00782. The van der Waals surface area contributed by atoms with E-state index in [1.54, 1.807) is 18.3 Å². The molecule has 0 aliphatic rings. The zero-order valence-electron chi connectivity index (χ0n) is 8.92. The first-order valence-corrected chi connectivity index (χ1v) is 6.40. The highest BCUT2D eigenvalue weighted by Crippen LogP contribution is 2.14. The van der Waals surface area contributed by atoms with Crippen molar-refractivity contribution in [3.8, 4) is 0 Å². The average Bonchev–Trinajstić information content (AvgIpc) is 2.80. The van der Waals surface area contributed by atoms with E-state index in [1.807, 2.05) is 0 Å². The molecular formula is C10H12N4O2S. The summed E-state index contributed by atoms with van der Waals surface area (Å²) in [7, 11) is -3.62. The molecule has 0 unspecified atom stereocenters. The zero-order valence-corrected chi connectivity index (χ0v) is 9.74. The molecule has 0 spiro atoms. The molecule has 2 rings (SSSR count). The Morgan fingerprint density at radius 2 is 2.18 bits per heavy atom. The number of H-pyrrole nitrogens is 1. The Balaban J connectivity index is 2.17. The Hall–Kier alpha value is -1.86. The van der Waals surface area contributed by atoms with Gasteiger partial charge in [0.15, 0.2) is 0 Å². The molecule has 0 saturated carbocycles. The van der Waals surface area contributed by atoms with Crippen LogP contribution < -0.4 is 10.5 Å². The third kappa shape index (κ3) is 2.63. The van der Waals surface area contributed by atoms with Crippen LogP contribution in [0.15, 0.2) is 41.6 Å². The number of nitrogen functional groups attached to an aromatic ring is 1. The highest BCUT2D eigenvalue weighted by Gasteiger charge is 2.17. The molecule has 7 heteroatoms. The molecule has 90 valence electrons. The summed E-state index contributed by atoms with van der Waals surface area (Å²) in [5, 5.41) is 0. The molecule has 2 aromatic rings. The summed E-state index contributed by atoms with van der Waals surface area (Å²) in [4.78, 5) is 6.64. The largest absolute Gasteiger partial charge is 0.383 e. The van der Waals surface area contributed by atoms with E-state index in [0.29, 0.717) is 0 Å². The lowest BCUT2D eigenvalue weighted by atomic mass is 10.4. The molecule has 0 amide bonds. The number of sulfonamides is 1. The Bertz CT molecular complexity index is 593. The first kappa shape index (κ1) is 11.6. The first-order chi connectivity index (χ1) is 8.09. The van der Waals surface area contributed by atoms with Crippen LogP contribution in [0, 0.1) is 0 Å². The third-order valence-electron chi connectivity index (χ3n) is 2.20. The van der Waals surface area contributed by atoms with Crippen LogP contribution in [0.3, 0.4) is 0 Å². The lowest BCUT2D eigenvalue weighted by Gasteiger charge is -2.07. The smallest absolute Gasteiger partial charge is 0.244 e. The normalized spacial score (nSPS) is 11.5. The molecule has 4 N–H and O–H groups in total. The van der Waals surface area contributed by atoms with Crippen molar-refractivity contribution in [2.45, 2.75) is 11.4 Å². The van der Waals surface area contributed by atoms with E-state index in [-0.39, 0.29) is 17.3 Å². The van der Waals surface area contributed by atoms with Crippen LogP contribution in [0.4, 0.5) is 5.82 Å². The standard InChI is InChI=1S/C10H12N4O2S/c11-10-9(4-2-6-13-10)17(15,16)14-7-8-3-1-5-12-8/h1-6,12,14H,7H2,(H2,11,13). The van der Waals surface area contributed by atoms with Gasteiger partial charge in [-0.25, -0.2) is 18.1 Å². The van der Waals surface area contributed by atoms with Crippen molar-refractivity contribution in [1.29, 1.82) is 0 Å². The summed E-state index contributed by atoms with van der Waals surface area (Å²) in [6, 6.07) is 6.52. The topological polar surface area (TPSA) is 101 Å². The second-order valence-corrected chi connectivity index (χ2v) is 5.14. The summed E-state index contributed by atoms with van der Waals surface area (Å²) in [5.41, 5.74) is 6.29. The van der Waals surface area contributed by atoms with Gasteiger partial charge in [0.05, 0.1) is 6.54 Å². The van der Waals surface area contributed by atoms with Gasteiger partial charge in [0.25, 0.3) is 0 Å². The average molecular weight is 252 g/mol. The number of hydrogen-bond donors (Lipinski definition) is 3. The van der Waals surface area contributed by atoms with Gasteiger partial charge in [-0.05, 0) is 24.3 Å². The summed E-state index contributed by atoms with van der Waals surface area (Å²) >= 11 is 0. The number of hydrogen-bond acceptors (Lipinski definition) is 4. The SMILES string of the molecule is Nc1ncccc1S(=O)(=O)NCc1ccc[nH]1. The van der Waals surface area contributed by atoms with Gasteiger partial charge in [-0.3, -0.25) is 0 Å². The molecule has 0 bridgehead atoms. The van der Waals surface area contributed by atoms with Gasteiger partial charge in [0.2, 0.25) is 10.0 Å². The van der Waals surface area contributed by atoms with Crippen LogP contribution in [-0.4, -0.2) is 18.4 Å². The van der Waals surface area contributed by atoms with E-state index in [2.05, 4.69) is 14.7 Å². The monoisotopic (exact) mass is 252 g/mol. The highest BCUT2D eigenvalue weighted by molar-refractivity contribution is 7.89. The summed E-state index contributed by atoms with van der Waals surface area (Å²) in [6.45, 7) is 0.184. The Kier molecular flexibility index (Phi) is 3.12. The Morgan fingerprint density at radius 1 is 1.35 bits per heavy atom. The van der Waals surface area contributed by atoms with E-state index in [0.717, 1.165) is 5.69 Å². The maximum Gasteiger partial charge on any atom is 0.244 e. The Labute approximate surface area is 98.9 Å². The maximum absolute atomic E-state index is 11.9. The van der Waals surface area contributed by atoms with Crippen molar-refractivity contribution in [1.82, 2.24) is 14.7 Å². The van der Waals surface area contributed by atoms with E-state index in [9.17, 15) is 8.42 Å². The van der Waals surface area contributed by atoms with E-state index in [1.165, 1.54) is 18.3 Å². The van der Waals surface area contributed by atoms with Crippen LogP contribution in [0.1, 0.15) is 5.69 Å². The van der Waals surface area contributed by atoms with Crippen LogP contribution in [-0.2, 0) is 16.6 Å². The number of nitrogens with zero attached hydrogens (tertiary/aromatic N) is 1. The van der Waals surface area contributed by atoms with Crippen molar-refractivity contribution in [2.75, 3.05) is 5.73 Å². The second kappa shape index (κ2) is 4.56. The van der Waals surface area contributed by atoms with Gasteiger partial charge in [-0.1, -0.05) is 0 Å². The van der Waals surface area contributed by atoms with Crippen LogP contribution >= 0.6 is 0 Å². The summed E-state index contributed by atoms with van der Waals surface area (Å²) in [5.74, 6) is -0.00788. The minimum Gasteiger partial charge on any atom is -0.383 e. The van der Waals surface area contributed by atoms with Gasteiger partial charge < -0.3 is 10.7 Å². The molecule has 0 fully saturated rings. The van der Waals surface area contributed by atoms with Gasteiger partial charge in [-0.15, -0.1) is 0 Å². The maximum atomic E-state index is 11.9. The van der Waals surface area contributed by atoms with E-state index in [4.69, 9.17) is 5.73 Å². The van der Waals surface area contributed by atoms with Crippen LogP contribution in [0.2, 0.25) is 0 Å². The highest BCUT2D eigenvalue weighted by atomic mass is 32.2. The number of nitrogens with one attached hydrogen (secondary N) is 2. The predicted molar refractivity (Wildman–Crippen MR) is 63.5 cm³/mol. The number of pyridine rings is 1. The molecule has 0 radical (unpaired) electrons. The fourth-order valence-electron chi connectivity index (χ4n) is 1.36. The predicted octanol–water partition coefficient (Wildman–Crippen LogP) is 0.470. The molecular weight excluding hydrogens is 240 g/mol. The van der Waals surface area contributed by atoms with E-state index >= 15 is 0 Å². The molecule has 6 nitrogen and oxygen atoms in total. The van der Waals surface area contributed by atoms with E-state index < -0.39 is 10.0 Å². The van der Waals surface area contributed by atoms with Gasteiger partial charge in [-0.2, -0.15) is 0 Å². The molecule has 0 aliphatic heterocycles. The number of aromatic amines is 1. The van der Waals surface area contributed by atoms with Gasteiger partial charge >= 0.3 is 0 Å². The van der Waals surface area contributed by atoms with Crippen LogP contribution in [0.25, 0.3) is 0 Å². The van der Waals surface area contributed by atoms with Gasteiger partial charge in [0, 0.05) is 18.1 Å². The summed E-state index contributed by atoms with van der Waals surface area (Å²) < 4.78 is 26.2. The number of nitrogens with two attached hydrogens (primary N) is 1. The first-order valence-electron chi connectivity index (χ1n) is 4.92. The summed E-state index contributed by atoms with van der Waals surface area (Å²) in [6.07, 6.45) is 3.17. The Morgan fingerprint density at radius 3 is 2.82 bits per heavy atom. The number of rotatable bonds is 4. The third-order valence-corrected chi connectivity index (χ3v) is 3.65. The molecule has 2 aromatic heterocycles. The molecule has 0 aromatic carbocycles. The molecule has 0 aliphatic carbocycles. The van der Waals surface area contributed by atoms with Crippen molar-refractivity contribution in [3.63, 3.8) is 0 Å². The van der Waals surface area contributed by atoms with Crippen molar-refractivity contribution in [3.05, 3.63) is 42.4 Å². The molecule has 17 heavy (non-hydrogen) atoms.